The van der Waals surface area contributed by atoms with Crippen LogP contribution in [0.2, 0.25) is 0 Å². The molecule has 0 fully saturated rings. The molecule has 0 aromatic carbocycles. The lowest BCUT2D eigenvalue weighted by Gasteiger charge is -2.15. The Bertz CT molecular complexity index is 188. The third-order valence-corrected chi connectivity index (χ3v) is 1.61. The summed E-state index contributed by atoms with van der Waals surface area (Å²) in [5, 5.41) is 0.354. The van der Waals surface area contributed by atoms with Gasteiger partial charge in [-0.2, -0.15) is 0 Å². The zero-order valence-electron chi connectivity index (χ0n) is 5.33. The molecule has 0 bridgehead atoms. The van der Waals surface area contributed by atoms with Gasteiger partial charge in [0, 0.05) is 12.7 Å². The molecular formula is C6H7BrN2O. The predicted octanol–water partition coefficient (Wildman–Crippen LogP) is 0.766. The topological polar surface area (TPSA) is 32.7 Å². The third kappa shape index (κ3) is 1.67. The molecule has 0 N–H and O–H groups in total. The molecule has 0 spiro atoms. The second-order valence-corrected chi connectivity index (χ2v) is 2.39. The molecule has 0 radical (unpaired) electrons. The Hall–Kier alpha value is -0.640. The fourth-order valence-electron chi connectivity index (χ4n) is 0.631. The molecule has 4 heteroatoms. The van der Waals surface area contributed by atoms with Crippen LogP contribution in [0.15, 0.2) is 17.3 Å². The Morgan fingerprint density at radius 3 is 3.10 bits per heavy atom. The largest absolute Gasteiger partial charge is 0.298 e. The molecule has 54 valence electrons. The van der Waals surface area contributed by atoms with Crippen LogP contribution in [-0.2, 0) is 4.79 Å². The van der Waals surface area contributed by atoms with Gasteiger partial charge in [-0.15, -0.1) is 0 Å². The molecule has 1 amide bonds. The van der Waals surface area contributed by atoms with Gasteiger partial charge in [-0.1, -0.05) is 15.9 Å². The van der Waals surface area contributed by atoms with Crippen LogP contribution in [0.1, 0.15) is 0 Å². The maximum absolute atomic E-state index is 10.9. The Morgan fingerprint density at radius 2 is 2.60 bits per heavy atom. The number of carbonyl (C=O) groups is 1. The summed E-state index contributed by atoms with van der Waals surface area (Å²) in [6.07, 6.45) is 5.04. The van der Waals surface area contributed by atoms with Crippen LogP contribution >= 0.6 is 15.9 Å². The van der Waals surface area contributed by atoms with Crippen molar-refractivity contribution in [3.05, 3.63) is 12.3 Å². The quantitative estimate of drug-likeness (QED) is 0.579. The molecule has 1 heterocycles. The van der Waals surface area contributed by atoms with E-state index in [-0.39, 0.29) is 5.91 Å². The highest BCUT2D eigenvalue weighted by atomic mass is 79.9. The molecule has 0 aromatic heterocycles. The zero-order valence-corrected chi connectivity index (χ0v) is 6.91. The number of nitrogens with zero attached hydrogens (tertiary/aromatic N) is 2. The minimum absolute atomic E-state index is 0.0353. The van der Waals surface area contributed by atoms with Gasteiger partial charge in [0.05, 0.1) is 11.7 Å². The van der Waals surface area contributed by atoms with Crippen molar-refractivity contribution < 1.29 is 4.79 Å². The summed E-state index contributed by atoms with van der Waals surface area (Å²) in [4.78, 5) is 16.3. The van der Waals surface area contributed by atoms with Crippen LogP contribution in [0, 0.1) is 0 Å². The van der Waals surface area contributed by atoms with E-state index in [1.807, 2.05) is 6.08 Å². The number of carbonyl (C=O) groups excluding carboxylic acids is 1. The van der Waals surface area contributed by atoms with E-state index in [1.165, 1.54) is 6.34 Å². The van der Waals surface area contributed by atoms with Crippen molar-refractivity contribution in [3.63, 3.8) is 0 Å². The summed E-state index contributed by atoms with van der Waals surface area (Å²) >= 11 is 3.07. The van der Waals surface area contributed by atoms with Gasteiger partial charge in [0.25, 0.3) is 0 Å². The van der Waals surface area contributed by atoms with Crippen molar-refractivity contribution >= 4 is 28.2 Å². The maximum atomic E-state index is 10.9. The molecule has 3 nitrogen and oxygen atoms in total. The van der Waals surface area contributed by atoms with Gasteiger partial charge >= 0.3 is 0 Å². The molecular weight excluding hydrogens is 196 g/mol. The van der Waals surface area contributed by atoms with E-state index >= 15 is 0 Å². The van der Waals surface area contributed by atoms with E-state index in [0.717, 1.165) is 0 Å². The van der Waals surface area contributed by atoms with Gasteiger partial charge in [-0.3, -0.25) is 9.69 Å². The van der Waals surface area contributed by atoms with Gasteiger partial charge in [0.15, 0.2) is 0 Å². The summed E-state index contributed by atoms with van der Waals surface area (Å²) in [5.41, 5.74) is 0. The van der Waals surface area contributed by atoms with Crippen LogP contribution in [0.4, 0.5) is 0 Å². The number of aliphatic imine (C=N–C) groups is 1. The summed E-state index contributed by atoms with van der Waals surface area (Å²) < 4.78 is 0. The lowest BCUT2D eigenvalue weighted by atomic mass is 10.4. The van der Waals surface area contributed by atoms with Gasteiger partial charge in [-0.25, -0.2) is 4.99 Å². The molecule has 0 saturated carbocycles. The number of hydrogen-bond acceptors (Lipinski definition) is 2. The first-order valence-electron chi connectivity index (χ1n) is 2.88. The number of halogens is 1. The monoisotopic (exact) mass is 202 g/mol. The van der Waals surface area contributed by atoms with Crippen molar-refractivity contribution in [3.8, 4) is 0 Å². The Balaban J connectivity index is 2.51. The smallest absolute Gasteiger partial charge is 0.238 e. The van der Waals surface area contributed by atoms with E-state index in [1.54, 1.807) is 11.1 Å². The third-order valence-electron chi connectivity index (χ3n) is 1.13. The Morgan fingerprint density at radius 1 is 1.80 bits per heavy atom. The number of amides is 1. The minimum Gasteiger partial charge on any atom is -0.298 e. The molecule has 0 aromatic rings. The standard InChI is InChI=1S/C6H7BrN2O/c7-4-6(10)9-3-1-2-8-5-9/h1-2,5H,3-4H2. The first-order chi connectivity index (χ1) is 4.84. The maximum Gasteiger partial charge on any atom is 0.238 e. The molecule has 0 aliphatic carbocycles. The Kier molecular flexibility index (Phi) is 2.62. The van der Waals surface area contributed by atoms with Crippen LogP contribution in [0.3, 0.4) is 0 Å². The van der Waals surface area contributed by atoms with Crippen LogP contribution in [0.5, 0.6) is 0 Å². The molecule has 0 saturated heterocycles. The van der Waals surface area contributed by atoms with Crippen LogP contribution in [-0.4, -0.2) is 29.0 Å². The average molecular weight is 203 g/mol. The predicted molar refractivity (Wildman–Crippen MR) is 43.1 cm³/mol. The van der Waals surface area contributed by atoms with Crippen LogP contribution in [0.25, 0.3) is 0 Å². The van der Waals surface area contributed by atoms with E-state index in [9.17, 15) is 4.79 Å². The number of hydrogen-bond donors (Lipinski definition) is 0. The summed E-state index contributed by atoms with van der Waals surface area (Å²) in [6, 6.07) is 0. The summed E-state index contributed by atoms with van der Waals surface area (Å²) in [5.74, 6) is 0.0353. The van der Waals surface area contributed by atoms with E-state index in [4.69, 9.17) is 0 Å². The highest BCUT2D eigenvalue weighted by Crippen LogP contribution is 1.95. The highest BCUT2D eigenvalue weighted by molar-refractivity contribution is 9.09. The van der Waals surface area contributed by atoms with Gasteiger partial charge < -0.3 is 0 Å². The molecule has 10 heavy (non-hydrogen) atoms. The van der Waals surface area contributed by atoms with Crippen molar-refractivity contribution in [2.45, 2.75) is 0 Å². The van der Waals surface area contributed by atoms with Gasteiger partial charge in [-0.05, 0) is 6.08 Å². The molecule has 1 aliphatic heterocycles. The Labute approximate surface area is 67.6 Å². The van der Waals surface area contributed by atoms with Crippen molar-refractivity contribution in [1.29, 1.82) is 0 Å². The van der Waals surface area contributed by atoms with Crippen LogP contribution < -0.4 is 0 Å². The minimum atomic E-state index is 0.0353. The molecule has 1 aliphatic rings. The van der Waals surface area contributed by atoms with Crippen molar-refractivity contribution in [2.75, 3.05) is 11.9 Å². The second kappa shape index (κ2) is 3.51. The van der Waals surface area contributed by atoms with E-state index < -0.39 is 0 Å². The summed E-state index contributed by atoms with van der Waals surface area (Å²) in [7, 11) is 0. The van der Waals surface area contributed by atoms with E-state index in [0.29, 0.717) is 11.9 Å². The first-order valence-corrected chi connectivity index (χ1v) is 4.00. The lowest BCUT2D eigenvalue weighted by Crippen LogP contribution is -2.31. The molecule has 1 rings (SSSR count). The summed E-state index contributed by atoms with van der Waals surface area (Å²) in [6.45, 7) is 0.633. The zero-order chi connectivity index (χ0) is 7.40. The normalized spacial score (nSPS) is 15.9. The highest BCUT2D eigenvalue weighted by Gasteiger charge is 2.08. The molecule has 0 unspecified atom stereocenters. The van der Waals surface area contributed by atoms with E-state index in [2.05, 4.69) is 20.9 Å². The van der Waals surface area contributed by atoms with Gasteiger partial charge in [0.2, 0.25) is 5.91 Å². The second-order valence-electron chi connectivity index (χ2n) is 1.83. The fourth-order valence-corrected chi connectivity index (χ4v) is 0.953. The lowest BCUT2D eigenvalue weighted by molar-refractivity contribution is -0.124. The number of alkyl halides is 1. The van der Waals surface area contributed by atoms with Gasteiger partial charge in [0.1, 0.15) is 0 Å². The van der Waals surface area contributed by atoms with Crippen molar-refractivity contribution in [2.24, 2.45) is 4.99 Å². The SMILES string of the molecule is O=C(CBr)N1C=NC=CC1. The first kappa shape index (κ1) is 7.47. The van der Waals surface area contributed by atoms with Crippen molar-refractivity contribution in [1.82, 2.24) is 4.90 Å². The fraction of sp³-hybridized carbons (Fsp3) is 0.333. The average Bonchev–Trinajstić information content (AvgIpc) is 2.05. The molecule has 0 atom stereocenters. The number of rotatable bonds is 1.